The first-order valence-corrected chi connectivity index (χ1v) is 9.24. The van der Waals surface area contributed by atoms with Gasteiger partial charge in [0.1, 0.15) is 25.2 Å². The van der Waals surface area contributed by atoms with E-state index in [-0.39, 0.29) is 0 Å². The molecular weight excluding hydrogens is 375 g/mol. The molecule has 0 saturated heterocycles. The topological polar surface area (TPSA) is 87.8 Å². The zero-order valence-corrected chi connectivity index (χ0v) is 15.5. The molecule has 0 spiro atoms. The van der Waals surface area contributed by atoms with E-state index < -0.39 is 12.1 Å². The van der Waals surface area contributed by atoms with Gasteiger partial charge in [0, 0.05) is 24.7 Å². The molecule has 3 aliphatic rings. The van der Waals surface area contributed by atoms with Crippen molar-refractivity contribution in [2.75, 3.05) is 18.9 Å². The normalized spacial score (nSPS) is 18.4. The van der Waals surface area contributed by atoms with E-state index in [9.17, 15) is 18.3 Å². The number of carboxylic acid groups (broad SMARTS) is 1. The van der Waals surface area contributed by atoms with Crippen LogP contribution in [0.1, 0.15) is 38.5 Å². The maximum Gasteiger partial charge on any atom is 0.430 e. The summed E-state index contributed by atoms with van der Waals surface area (Å²) in [7, 11) is 2.12. The van der Waals surface area contributed by atoms with Crippen LogP contribution in [0.2, 0.25) is 0 Å². The number of nitrogens with one attached hydrogen (secondary N) is 1. The molecule has 0 unspecified atom stereocenters. The lowest BCUT2D eigenvalue weighted by Crippen LogP contribution is -2.43. The number of aliphatic carboxylic acids is 1. The second kappa shape index (κ2) is 7.81. The first kappa shape index (κ1) is 20.2. The van der Waals surface area contributed by atoms with Crippen molar-refractivity contribution in [2.45, 2.75) is 50.7 Å². The fourth-order valence-electron chi connectivity index (χ4n) is 3.77. The summed E-state index contributed by atoms with van der Waals surface area (Å²) in [5.74, 6) is -2.69. The first-order chi connectivity index (χ1) is 13.2. The molecule has 0 radical (unpaired) electrons. The number of carbonyl (C=O) groups excluding carboxylic acids is 1. The highest BCUT2D eigenvalue weighted by Gasteiger charge is 2.29. The van der Waals surface area contributed by atoms with Crippen LogP contribution in [0.15, 0.2) is 11.1 Å². The molecule has 28 heavy (non-hydrogen) atoms. The highest BCUT2D eigenvalue weighted by Crippen LogP contribution is 2.34. The smallest absolute Gasteiger partial charge is 0.430 e. The van der Waals surface area contributed by atoms with E-state index in [1.165, 1.54) is 43.0 Å². The lowest BCUT2D eigenvalue weighted by atomic mass is 9.95. The van der Waals surface area contributed by atoms with Gasteiger partial charge in [-0.1, -0.05) is 19.3 Å². The summed E-state index contributed by atoms with van der Waals surface area (Å²) in [5.41, 5.74) is 2.87. The maximum absolute atomic E-state index is 10.6. The third-order valence-corrected chi connectivity index (χ3v) is 5.25. The van der Waals surface area contributed by atoms with Gasteiger partial charge in [0.15, 0.2) is 5.75 Å². The Labute approximate surface area is 159 Å². The largest absolute Gasteiger partial charge is 0.542 e. The van der Waals surface area contributed by atoms with Gasteiger partial charge >= 0.3 is 6.18 Å². The molecule has 1 aromatic rings. The van der Waals surface area contributed by atoms with Gasteiger partial charge in [-0.25, -0.2) is 4.58 Å². The van der Waals surface area contributed by atoms with Gasteiger partial charge in [0.05, 0.1) is 10.9 Å². The number of rotatable bonds is 2. The van der Waals surface area contributed by atoms with Gasteiger partial charge in [0.25, 0.3) is 0 Å². The molecule has 2 heterocycles. The average molecular weight is 397 g/mol. The van der Waals surface area contributed by atoms with E-state index in [1.807, 2.05) is 6.21 Å². The lowest BCUT2D eigenvalue weighted by molar-refractivity contribution is -0.344. The first-order valence-electron chi connectivity index (χ1n) is 9.24. The summed E-state index contributed by atoms with van der Waals surface area (Å²) >= 11 is 0. The number of nitrogens with zero attached hydrogens (tertiary/aromatic N) is 2. The minimum absolute atomic E-state index is 0.320. The van der Waals surface area contributed by atoms with Crippen molar-refractivity contribution < 1.29 is 28.2 Å². The van der Waals surface area contributed by atoms with Crippen molar-refractivity contribution in [3.8, 4) is 5.75 Å². The van der Waals surface area contributed by atoms with E-state index in [1.54, 1.807) is 0 Å². The SMILES string of the molecule is C[N+]1=c2cc(NC3CCCCC3)c(O)c3c2=C(C=N3)CC1.O=C([O-])C(F)(F)F. The number of phenolic OH excluding ortho intramolecular Hbond substituents is 1. The summed E-state index contributed by atoms with van der Waals surface area (Å²) < 4.78 is 33.8. The number of aliphatic imine (C=N–C) groups is 1. The van der Waals surface area contributed by atoms with Crippen molar-refractivity contribution in [3.05, 3.63) is 16.6 Å². The minimum Gasteiger partial charge on any atom is -0.542 e. The Balaban J connectivity index is 0.000000279. The predicted octanol–water partition coefficient (Wildman–Crippen LogP) is 0.827. The molecule has 2 N–H and O–H groups in total. The summed E-state index contributed by atoms with van der Waals surface area (Å²) in [6.45, 7) is 1.02. The van der Waals surface area contributed by atoms with E-state index in [0.29, 0.717) is 11.8 Å². The second-order valence-electron chi connectivity index (χ2n) is 7.23. The van der Waals surface area contributed by atoms with Gasteiger partial charge in [0.2, 0.25) is 5.36 Å². The molecular formula is C19H22F3N3O3. The fraction of sp³-hybridized carbons (Fsp3) is 0.526. The second-order valence-corrected chi connectivity index (χ2v) is 7.23. The number of carboxylic acids is 1. The van der Waals surface area contributed by atoms with E-state index in [4.69, 9.17) is 9.90 Å². The van der Waals surface area contributed by atoms with Gasteiger partial charge in [-0.2, -0.15) is 13.2 Å². The van der Waals surface area contributed by atoms with E-state index in [0.717, 1.165) is 29.6 Å². The fourth-order valence-corrected chi connectivity index (χ4v) is 3.77. The van der Waals surface area contributed by atoms with Crippen molar-refractivity contribution in [1.29, 1.82) is 0 Å². The van der Waals surface area contributed by atoms with Crippen molar-refractivity contribution in [1.82, 2.24) is 4.58 Å². The Morgan fingerprint density at radius 1 is 1.32 bits per heavy atom. The molecule has 2 aliphatic heterocycles. The number of benzene rings is 1. The molecule has 6 nitrogen and oxygen atoms in total. The zero-order chi connectivity index (χ0) is 20.5. The van der Waals surface area contributed by atoms with Crippen LogP contribution in [0.4, 0.5) is 24.5 Å². The van der Waals surface area contributed by atoms with Crippen LogP contribution in [0, 0.1) is 0 Å². The maximum atomic E-state index is 10.6. The standard InChI is InChI=1S/C17H21N3O.C2HF3O2/c1-20-8-7-11-10-18-16-15(11)14(20)9-13(17(16)21)19-12-5-3-2-4-6-12;3-2(4,5)1(6)7/h9-10,12H,2-8H2,1H3,(H,18,19,21);(H,6,7). The van der Waals surface area contributed by atoms with Crippen LogP contribution >= 0.6 is 0 Å². The van der Waals surface area contributed by atoms with E-state index >= 15 is 0 Å². The number of alkyl halides is 3. The Morgan fingerprint density at radius 2 is 1.96 bits per heavy atom. The number of halogens is 3. The molecule has 1 aliphatic carbocycles. The Hall–Kier alpha value is -2.58. The Morgan fingerprint density at radius 3 is 2.57 bits per heavy atom. The van der Waals surface area contributed by atoms with Crippen LogP contribution in [0.5, 0.6) is 5.75 Å². The van der Waals surface area contributed by atoms with Crippen LogP contribution in [-0.2, 0) is 4.79 Å². The number of hydrogen-bond donors (Lipinski definition) is 2. The van der Waals surface area contributed by atoms with Crippen LogP contribution in [0.25, 0.3) is 5.57 Å². The summed E-state index contributed by atoms with van der Waals surface area (Å²) in [4.78, 5) is 13.2. The third kappa shape index (κ3) is 4.13. The van der Waals surface area contributed by atoms with Crippen molar-refractivity contribution >= 4 is 29.1 Å². The number of carbonyl (C=O) groups is 1. The van der Waals surface area contributed by atoms with E-state index in [2.05, 4.69) is 28.0 Å². The highest BCUT2D eigenvalue weighted by atomic mass is 19.4. The van der Waals surface area contributed by atoms with Crippen molar-refractivity contribution in [2.24, 2.45) is 4.99 Å². The van der Waals surface area contributed by atoms with Crippen LogP contribution in [0.3, 0.4) is 0 Å². The molecule has 1 aromatic carbocycles. The van der Waals surface area contributed by atoms with Gasteiger partial charge < -0.3 is 20.3 Å². The highest BCUT2D eigenvalue weighted by molar-refractivity contribution is 6.08. The van der Waals surface area contributed by atoms with Gasteiger partial charge in [-0.05, 0) is 18.4 Å². The summed E-state index contributed by atoms with van der Waals surface area (Å²) in [5, 5.41) is 25.2. The quantitative estimate of drug-likeness (QED) is 0.572. The van der Waals surface area contributed by atoms with Gasteiger partial charge in [-0.3, -0.25) is 4.99 Å². The Bertz CT molecular complexity index is 932. The molecule has 0 aromatic heterocycles. The van der Waals surface area contributed by atoms with Crippen molar-refractivity contribution in [3.63, 3.8) is 0 Å². The minimum atomic E-state index is -5.19. The third-order valence-electron chi connectivity index (χ3n) is 5.25. The average Bonchev–Trinajstić information content (AvgIpc) is 3.07. The number of hydrogen-bond acceptors (Lipinski definition) is 5. The monoisotopic (exact) mass is 397 g/mol. The molecule has 0 atom stereocenters. The molecule has 1 saturated carbocycles. The zero-order valence-electron chi connectivity index (χ0n) is 15.5. The molecule has 4 rings (SSSR count). The summed E-state index contributed by atoms with van der Waals surface area (Å²) in [6, 6.07) is 2.59. The van der Waals surface area contributed by atoms with Crippen LogP contribution < -0.4 is 25.6 Å². The number of aromatic hydroxyl groups is 1. The summed E-state index contributed by atoms with van der Waals surface area (Å²) in [6.07, 6.45) is 4.04. The lowest BCUT2D eigenvalue weighted by Gasteiger charge is -2.24. The molecule has 152 valence electrons. The van der Waals surface area contributed by atoms with Gasteiger partial charge in [-0.15, -0.1) is 0 Å². The predicted molar refractivity (Wildman–Crippen MR) is 97.1 cm³/mol. The Kier molecular flexibility index (Phi) is 5.62. The molecule has 0 bridgehead atoms. The molecule has 1 fully saturated rings. The molecule has 0 amide bonds. The number of phenols is 1. The van der Waals surface area contributed by atoms with Crippen LogP contribution in [-0.4, -0.2) is 43.1 Å². The number of anilines is 1. The molecule has 9 heteroatoms.